The molecule has 0 radical (unpaired) electrons. The van der Waals surface area contributed by atoms with E-state index in [2.05, 4.69) is 9.97 Å². The minimum Gasteiger partial charge on any atom is -0.311 e. The number of hydrogen-bond donors (Lipinski definition) is 1. The Morgan fingerprint density at radius 1 is 1.67 bits per heavy atom. The molecular formula is C9H12N2O. The smallest absolute Gasteiger partial charge is 0.251 e. The van der Waals surface area contributed by atoms with Crippen molar-refractivity contribution in [3.63, 3.8) is 0 Å². The summed E-state index contributed by atoms with van der Waals surface area (Å²) in [4.78, 5) is 17.8. The fourth-order valence-corrected chi connectivity index (χ4v) is 0.929. The van der Waals surface area contributed by atoms with Gasteiger partial charge < -0.3 is 4.98 Å². The third-order valence-electron chi connectivity index (χ3n) is 1.70. The molecule has 0 aromatic carbocycles. The van der Waals surface area contributed by atoms with E-state index in [9.17, 15) is 4.79 Å². The Morgan fingerprint density at radius 3 is 2.83 bits per heavy atom. The molecule has 0 saturated carbocycles. The highest BCUT2D eigenvalue weighted by atomic mass is 16.1. The summed E-state index contributed by atoms with van der Waals surface area (Å²) in [7, 11) is 0. The van der Waals surface area contributed by atoms with E-state index < -0.39 is 0 Å². The fraction of sp³-hybridized carbons (Fsp3) is 0.333. The maximum Gasteiger partial charge on any atom is 0.251 e. The van der Waals surface area contributed by atoms with Crippen LogP contribution in [-0.2, 0) is 0 Å². The first-order valence-electron chi connectivity index (χ1n) is 3.84. The Kier molecular flexibility index (Phi) is 2.43. The first-order chi connectivity index (χ1) is 5.63. The summed E-state index contributed by atoms with van der Waals surface area (Å²) in [5, 5.41) is 0. The topological polar surface area (TPSA) is 45.8 Å². The molecule has 0 aliphatic heterocycles. The quantitative estimate of drug-likeness (QED) is 0.683. The maximum atomic E-state index is 11.0. The molecule has 0 atom stereocenters. The van der Waals surface area contributed by atoms with E-state index in [1.54, 1.807) is 6.92 Å². The lowest BCUT2D eigenvalue weighted by Crippen LogP contribution is -2.09. The fourth-order valence-electron chi connectivity index (χ4n) is 0.929. The highest BCUT2D eigenvalue weighted by Gasteiger charge is 1.98. The van der Waals surface area contributed by atoms with E-state index in [0.717, 1.165) is 11.3 Å². The van der Waals surface area contributed by atoms with Crippen molar-refractivity contribution in [1.29, 1.82) is 0 Å². The number of H-pyrrole nitrogens is 1. The van der Waals surface area contributed by atoms with Gasteiger partial charge in [-0.15, -0.1) is 0 Å². The van der Waals surface area contributed by atoms with Crippen LogP contribution in [0.1, 0.15) is 25.4 Å². The zero-order valence-electron chi connectivity index (χ0n) is 7.51. The van der Waals surface area contributed by atoms with E-state index >= 15 is 0 Å². The van der Waals surface area contributed by atoms with Gasteiger partial charge in [-0.3, -0.25) is 4.79 Å². The molecule has 0 spiro atoms. The minimum absolute atomic E-state index is 0.0984. The number of aromatic amines is 1. The van der Waals surface area contributed by atoms with Gasteiger partial charge in [-0.1, -0.05) is 6.08 Å². The summed E-state index contributed by atoms with van der Waals surface area (Å²) in [6.07, 6.45) is 1.93. The van der Waals surface area contributed by atoms with E-state index in [1.807, 2.05) is 19.9 Å². The molecule has 0 bridgehead atoms. The highest BCUT2D eigenvalue weighted by molar-refractivity contribution is 5.59. The number of allylic oxidation sites excluding steroid dienone is 2. The molecule has 0 amide bonds. The number of nitrogens with one attached hydrogen (secondary N) is 1. The Labute approximate surface area is 71.2 Å². The van der Waals surface area contributed by atoms with Crippen molar-refractivity contribution in [2.45, 2.75) is 20.8 Å². The van der Waals surface area contributed by atoms with Gasteiger partial charge in [-0.05, 0) is 26.3 Å². The third-order valence-corrected chi connectivity index (χ3v) is 1.70. The summed E-state index contributed by atoms with van der Waals surface area (Å²) in [6.45, 7) is 5.63. The summed E-state index contributed by atoms with van der Waals surface area (Å²) in [5.74, 6) is 0.652. The second-order valence-electron chi connectivity index (χ2n) is 2.69. The van der Waals surface area contributed by atoms with Gasteiger partial charge in [0.15, 0.2) is 0 Å². The molecule has 1 rings (SSSR count). The van der Waals surface area contributed by atoms with E-state index in [1.165, 1.54) is 6.07 Å². The van der Waals surface area contributed by atoms with Crippen LogP contribution >= 0.6 is 0 Å². The van der Waals surface area contributed by atoms with Crippen LogP contribution in [0.4, 0.5) is 0 Å². The molecule has 0 aliphatic rings. The molecule has 1 heterocycles. The molecule has 0 saturated heterocycles. The maximum absolute atomic E-state index is 11.0. The van der Waals surface area contributed by atoms with Gasteiger partial charge in [0, 0.05) is 6.07 Å². The zero-order valence-corrected chi connectivity index (χ0v) is 7.51. The SMILES string of the molecule is C/C=C(\C)c1cc(=O)[nH]c(C)n1. The first-order valence-corrected chi connectivity index (χ1v) is 3.84. The third kappa shape index (κ3) is 1.81. The van der Waals surface area contributed by atoms with E-state index in [-0.39, 0.29) is 5.56 Å². The zero-order chi connectivity index (χ0) is 9.14. The number of aryl methyl sites for hydroxylation is 1. The summed E-state index contributed by atoms with van der Waals surface area (Å²) in [5.41, 5.74) is 1.67. The van der Waals surface area contributed by atoms with Gasteiger partial charge in [0.1, 0.15) is 5.82 Å². The van der Waals surface area contributed by atoms with Gasteiger partial charge in [0.05, 0.1) is 5.69 Å². The molecule has 3 heteroatoms. The molecule has 3 nitrogen and oxygen atoms in total. The van der Waals surface area contributed by atoms with Crippen LogP contribution in [0.5, 0.6) is 0 Å². The lowest BCUT2D eigenvalue weighted by atomic mass is 10.2. The first kappa shape index (κ1) is 8.71. The van der Waals surface area contributed by atoms with Crippen molar-refractivity contribution in [2.24, 2.45) is 0 Å². The number of nitrogens with zero attached hydrogens (tertiary/aromatic N) is 1. The average Bonchev–Trinajstić information content (AvgIpc) is 2.01. The summed E-state index contributed by atoms with van der Waals surface area (Å²) >= 11 is 0. The molecule has 1 aromatic heterocycles. The lowest BCUT2D eigenvalue weighted by Gasteiger charge is -1.99. The van der Waals surface area contributed by atoms with E-state index in [0.29, 0.717) is 5.82 Å². The molecule has 0 unspecified atom stereocenters. The van der Waals surface area contributed by atoms with Crippen molar-refractivity contribution in [3.05, 3.63) is 34.0 Å². The number of aromatic nitrogens is 2. The van der Waals surface area contributed by atoms with Crippen LogP contribution in [0, 0.1) is 6.92 Å². The number of rotatable bonds is 1. The Balaban J connectivity index is 3.27. The van der Waals surface area contributed by atoms with Crippen LogP contribution in [0.15, 0.2) is 16.9 Å². The van der Waals surface area contributed by atoms with Gasteiger partial charge in [0.25, 0.3) is 5.56 Å². The van der Waals surface area contributed by atoms with Gasteiger partial charge in [-0.2, -0.15) is 0 Å². The second-order valence-corrected chi connectivity index (χ2v) is 2.69. The normalized spacial score (nSPS) is 11.8. The largest absolute Gasteiger partial charge is 0.311 e. The highest BCUT2D eigenvalue weighted by Crippen LogP contribution is 2.06. The van der Waals surface area contributed by atoms with Crippen LogP contribution in [0.2, 0.25) is 0 Å². The Morgan fingerprint density at radius 2 is 2.33 bits per heavy atom. The molecule has 0 aliphatic carbocycles. The standard InChI is InChI=1S/C9H12N2O/c1-4-6(2)8-5-9(12)11-7(3)10-8/h4-5H,1-3H3,(H,10,11,12)/b6-4+. The molecule has 1 N–H and O–H groups in total. The van der Waals surface area contributed by atoms with Crippen molar-refractivity contribution in [3.8, 4) is 0 Å². The van der Waals surface area contributed by atoms with Gasteiger partial charge in [0.2, 0.25) is 0 Å². The Bertz CT molecular complexity index is 363. The predicted molar refractivity (Wildman–Crippen MR) is 48.9 cm³/mol. The van der Waals surface area contributed by atoms with Crippen LogP contribution < -0.4 is 5.56 Å². The van der Waals surface area contributed by atoms with Crippen LogP contribution in [-0.4, -0.2) is 9.97 Å². The van der Waals surface area contributed by atoms with Crippen molar-refractivity contribution in [2.75, 3.05) is 0 Å². The van der Waals surface area contributed by atoms with Crippen molar-refractivity contribution < 1.29 is 0 Å². The minimum atomic E-state index is -0.0984. The predicted octanol–water partition coefficient (Wildman–Crippen LogP) is 1.50. The monoisotopic (exact) mass is 164 g/mol. The van der Waals surface area contributed by atoms with Gasteiger partial charge in [-0.25, -0.2) is 4.98 Å². The van der Waals surface area contributed by atoms with E-state index in [4.69, 9.17) is 0 Å². The molecule has 0 fully saturated rings. The molecular weight excluding hydrogens is 152 g/mol. The number of hydrogen-bond acceptors (Lipinski definition) is 2. The Hall–Kier alpha value is -1.38. The average molecular weight is 164 g/mol. The van der Waals surface area contributed by atoms with Crippen LogP contribution in [0.25, 0.3) is 5.57 Å². The van der Waals surface area contributed by atoms with Crippen molar-refractivity contribution >= 4 is 5.57 Å². The van der Waals surface area contributed by atoms with Crippen LogP contribution in [0.3, 0.4) is 0 Å². The second kappa shape index (κ2) is 3.34. The lowest BCUT2D eigenvalue weighted by molar-refractivity contribution is 1.00. The molecule has 1 aromatic rings. The summed E-state index contributed by atoms with van der Waals surface area (Å²) in [6, 6.07) is 1.50. The van der Waals surface area contributed by atoms with Crippen molar-refractivity contribution in [1.82, 2.24) is 9.97 Å². The summed E-state index contributed by atoms with van der Waals surface area (Å²) < 4.78 is 0. The molecule has 64 valence electrons. The molecule has 12 heavy (non-hydrogen) atoms. The van der Waals surface area contributed by atoms with Gasteiger partial charge >= 0.3 is 0 Å².